The molecule has 0 aliphatic carbocycles. The number of nitrogens with one attached hydrogen (secondary N) is 1. The molecule has 4 heteroatoms. The van der Waals surface area contributed by atoms with E-state index in [2.05, 4.69) is 5.32 Å². The number of aliphatic hydroxyl groups excluding tert-OH is 1. The van der Waals surface area contributed by atoms with Crippen LogP contribution in [0.5, 0.6) is 0 Å². The van der Waals surface area contributed by atoms with E-state index in [0.29, 0.717) is 0 Å². The minimum atomic E-state index is -0.285. The first kappa shape index (κ1) is 7.23. The minimum Gasteiger partial charge on any atom is -0.376 e. The quantitative estimate of drug-likeness (QED) is 0.443. The number of aliphatic hydroxyl groups is 1. The summed E-state index contributed by atoms with van der Waals surface area (Å²) >= 11 is 0. The van der Waals surface area contributed by atoms with Crippen LogP contribution in [0.2, 0.25) is 0 Å². The highest BCUT2D eigenvalue weighted by Crippen LogP contribution is 1.76. The Morgan fingerprint density at radius 3 is 2.50 bits per heavy atom. The van der Waals surface area contributed by atoms with Crippen molar-refractivity contribution in [3.8, 4) is 0 Å². The lowest BCUT2D eigenvalue weighted by Gasteiger charge is -2.11. The smallest absolute Gasteiger partial charge is 0.318 e. The van der Waals surface area contributed by atoms with Crippen LogP contribution in [-0.2, 0) is 0 Å². The normalized spacial score (nSPS) is 8.38. The van der Waals surface area contributed by atoms with Gasteiger partial charge in [-0.15, -0.1) is 0 Å². The van der Waals surface area contributed by atoms with Crippen LogP contribution in [0.3, 0.4) is 0 Å². The van der Waals surface area contributed by atoms with Crippen LogP contribution in [0.15, 0.2) is 0 Å². The molecular weight excluding hydrogens is 108 g/mol. The molecule has 0 bridgehead atoms. The summed E-state index contributed by atoms with van der Waals surface area (Å²) in [6.07, 6.45) is 0. The predicted molar refractivity (Wildman–Crippen MR) is 29.3 cm³/mol. The lowest BCUT2D eigenvalue weighted by atomic mass is 10.8. The molecule has 8 heavy (non-hydrogen) atoms. The number of amides is 2. The second kappa shape index (κ2) is 3.26. The van der Waals surface area contributed by atoms with Gasteiger partial charge < -0.3 is 15.3 Å². The molecule has 0 aliphatic rings. The first-order valence-corrected chi connectivity index (χ1v) is 2.26. The molecule has 0 atom stereocenters. The van der Waals surface area contributed by atoms with Gasteiger partial charge in [-0.1, -0.05) is 0 Å². The average Bonchev–Trinajstić information content (AvgIpc) is 1.84. The highest BCUT2D eigenvalue weighted by molar-refractivity contribution is 5.73. The molecule has 0 heterocycles. The molecule has 0 aromatic carbocycles. The van der Waals surface area contributed by atoms with E-state index in [1.807, 2.05) is 0 Å². The second-order valence-corrected chi connectivity index (χ2v) is 1.39. The number of rotatable bonds is 1. The van der Waals surface area contributed by atoms with Gasteiger partial charge in [-0.2, -0.15) is 0 Å². The van der Waals surface area contributed by atoms with Crippen molar-refractivity contribution in [2.45, 2.75) is 0 Å². The molecule has 2 N–H and O–H groups in total. The fourth-order valence-electron chi connectivity index (χ4n) is 0.255. The zero-order valence-electron chi connectivity index (χ0n) is 5.01. The molecule has 0 fully saturated rings. The van der Waals surface area contributed by atoms with E-state index >= 15 is 0 Å². The van der Waals surface area contributed by atoms with Crippen LogP contribution in [0.1, 0.15) is 0 Å². The molecule has 0 saturated heterocycles. The lowest BCUT2D eigenvalue weighted by molar-refractivity contribution is 0.142. The first-order chi connectivity index (χ1) is 3.72. The molecule has 0 aromatic heterocycles. The topological polar surface area (TPSA) is 52.6 Å². The van der Waals surface area contributed by atoms with E-state index in [1.54, 1.807) is 0 Å². The van der Waals surface area contributed by atoms with Crippen LogP contribution in [0.25, 0.3) is 0 Å². The summed E-state index contributed by atoms with van der Waals surface area (Å²) in [7, 11) is 3.01. The zero-order valence-corrected chi connectivity index (χ0v) is 5.01. The average molecular weight is 118 g/mol. The molecule has 2 amide bonds. The Bertz CT molecular complexity index is 84.1. The number of urea groups is 1. The maximum Gasteiger partial charge on any atom is 0.318 e. The van der Waals surface area contributed by atoms with E-state index < -0.39 is 0 Å². The molecule has 0 saturated carbocycles. The fraction of sp³-hybridized carbons (Fsp3) is 0.750. The molecular formula is C4H10N2O2. The van der Waals surface area contributed by atoms with Gasteiger partial charge in [-0.3, -0.25) is 0 Å². The lowest BCUT2D eigenvalue weighted by Crippen LogP contribution is -2.35. The number of hydrogen-bond acceptors (Lipinski definition) is 2. The molecule has 0 aromatic rings. The standard InChI is InChI=1S/C4H10N2O2/c1-5-4(8)6(2)3-7/h7H,3H2,1-2H3,(H,5,8). The van der Waals surface area contributed by atoms with Crippen molar-refractivity contribution in [3.05, 3.63) is 0 Å². The van der Waals surface area contributed by atoms with Crippen molar-refractivity contribution in [2.75, 3.05) is 20.8 Å². The molecule has 0 aliphatic heterocycles. The highest BCUT2D eigenvalue weighted by Gasteiger charge is 2.00. The van der Waals surface area contributed by atoms with Gasteiger partial charge in [-0.05, 0) is 0 Å². The summed E-state index contributed by atoms with van der Waals surface area (Å²) < 4.78 is 0. The van der Waals surface area contributed by atoms with Gasteiger partial charge in [0.2, 0.25) is 0 Å². The summed E-state index contributed by atoms with van der Waals surface area (Å²) in [5.41, 5.74) is 0. The first-order valence-electron chi connectivity index (χ1n) is 2.26. The Labute approximate surface area is 48.1 Å². The maximum absolute atomic E-state index is 10.4. The summed E-state index contributed by atoms with van der Waals surface area (Å²) in [5, 5.41) is 10.6. The van der Waals surface area contributed by atoms with E-state index in [1.165, 1.54) is 14.1 Å². The van der Waals surface area contributed by atoms with Gasteiger partial charge >= 0.3 is 6.03 Å². The van der Waals surface area contributed by atoms with Crippen molar-refractivity contribution >= 4 is 6.03 Å². The van der Waals surface area contributed by atoms with Crippen LogP contribution in [0.4, 0.5) is 4.79 Å². The summed E-state index contributed by atoms with van der Waals surface area (Å²) in [4.78, 5) is 11.6. The van der Waals surface area contributed by atoms with Gasteiger partial charge in [0.15, 0.2) is 0 Å². The molecule has 0 spiro atoms. The second-order valence-electron chi connectivity index (χ2n) is 1.39. The van der Waals surface area contributed by atoms with Gasteiger partial charge in [0.1, 0.15) is 6.73 Å². The van der Waals surface area contributed by atoms with Gasteiger partial charge in [0.05, 0.1) is 0 Å². The Balaban J connectivity index is 3.46. The van der Waals surface area contributed by atoms with Crippen molar-refractivity contribution < 1.29 is 9.90 Å². The predicted octanol–water partition coefficient (Wildman–Crippen LogP) is -0.793. The number of carbonyl (C=O) groups excluding carboxylic acids is 1. The van der Waals surface area contributed by atoms with Crippen LogP contribution in [0, 0.1) is 0 Å². The summed E-state index contributed by atoms with van der Waals surface area (Å²) in [5.74, 6) is 0. The van der Waals surface area contributed by atoms with E-state index in [-0.39, 0.29) is 12.8 Å². The Hall–Kier alpha value is -0.770. The third-order valence-electron chi connectivity index (χ3n) is 0.773. The summed E-state index contributed by atoms with van der Waals surface area (Å²) in [6, 6.07) is -0.285. The van der Waals surface area contributed by atoms with Gasteiger partial charge in [0.25, 0.3) is 0 Å². The monoisotopic (exact) mass is 118 g/mol. The molecule has 0 rings (SSSR count). The minimum absolute atomic E-state index is 0.250. The summed E-state index contributed by atoms with van der Waals surface area (Å²) in [6.45, 7) is -0.250. The fourth-order valence-corrected chi connectivity index (χ4v) is 0.255. The number of hydrogen-bond donors (Lipinski definition) is 2. The highest BCUT2D eigenvalue weighted by atomic mass is 16.3. The van der Waals surface area contributed by atoms with E-state index in [4.69, 9.17) is 5.11 Å². The number of carbonyl (C=O) groups is 1. The molecule has 4 nitrogen and oxygen atoms in total. The zero-order chi connectivity index (χ0) is 6.57. The van der Waals surface area contributed by atoms with Crippen LogP contribution >= 0.6 is 0 Å². The van der Waals surface area contributed by atoms with E-state index in [9.17, 15) is 4.79 Å². The van der Waals surface area contributed by atoms with Crippen molar-refractivity contribution in [1.29, 1.82) is 0 Å². The Kier molecular flexibility index (Phi) is 2.95. The van der Waals surface area contributed by atoms with Crippen LogP contribution in [-0.4, -0.2) is 36.9 Å². The Morgan fingerprint density at radius 2 is 2.38 bits per heavy atom. The van der Waals surface area contributed by atoms with Gasteiger partial charge in [-0.25, -0.2) is 4.79 Å². The van der Waals surface area contributed by atoms with E-state index in [0.717, 1.165) is 4.90 Å². The van der Waals surface area contributed by atoms with Crippen molar-refractivity contribution in [3.63, 3.8) is 0 Å². The van der Waals surface area contributed by atoms with Crippen molar-refractivity contribution in [1.82, 2.24) is 10.2 Å². The van der Waals surface area contributed by atoms with Gasteiger partial charge in [0, 0.05) is 14.1 Å². The maximum atomic E-state index is 10.4. The SMILES string of the molecule is CNC(=O)N(C)CO. The van der Waals surface area contributed by atoms with Crippen molar-refractivity contribution in [2.24, 2.45) is 0 Å². The van der Waals surface area contributed by atoms with Crippen LogP contribution < -0.4 is 5.32 Å². The molecule has 48 valence electrons. The Morgan fingerprint density at radius 1 is 1.88 bits per heavy atom. The third kappa shape index (κ3) is 1.79. The molecule has 0 unspecified atom stereocenters. The number of nitrogens with zero attached hydrogens (tertiary/aromatic N) is 1. The largest absolute Gasteiger partial charge is 0.376 e. The molecule has 0 radical (unpaired) electrons. The third-order valence-corrected chi connectivity index (χ3v) is 0.773.